The number of aromatic nitrogens is 2. The number of carbonyl (C=O) groups is 4. The highest BCUT2D eigenvalue weighted by molar-refractivity contribution is 6.10. The molecule has 2 fully saturated rings. The lowest BCUT2D eigenvalue weighted by molar-refractivity contribution is -0.122. The Morgan fingerprint density at radius 1 is 0.706 bits per heavy atom. The fourth-order valence-corrected chi connectivity index (χ4v) is 6.79. The molecule has 262 valence electrons. The Labute approximate surface area is 296 Å². The maximum absolute atomic E-state index is 13.8. The summed E-state index contributed by atoms with van der Waals surface area (Å²) in [5.41, 5.74) is 4.38. The summed E-state index contributed by atoms with van der Waals surface area (Å²) in [5.74, 6) is 0.0142. The minimum Gasteiger partial charge on any atom is -0.322 e. The molecule has 2 N–H and O–H groups in total. The van der Waals surface area contributed by atoms with Crippen molar-refractivity contribution >= 4 is 46.4 Å². The molecule has 4 aromatic rings. The van der Waals surface area contributed by atoms with Crippen molar-refractivity contribution in [1.82, 2.24) is 9.97 Å². The van der Waals surface area contributed by atoms with Gasteiger partial charge in [-0.2, -0.15) is 0 Å². The van der Waals surface area contributed by atoms with Crippen LogP contribution in [0.25, 0.3) is 0 Å². The van der Waals surface area contributed by atoms with E-state index in [4.69, 9.17) is 0 Å². The number of pyridine rings is 2. The zero-order valence-corrected chi connectivity index (χ0v) is 29.2. The fourth-order valence-electron chi connectivity index (χ4n) is 6.79. The molecule has 51 heavy (non-hydrogen) atoms. The van der Waals surface area contributed by atoms with Gasteiger partial charge >= 0.3 is 0 Å². The molecule has 0 unspecified atom stereocenters. The summed E-state index contributed by atoms with van der Waals surface area (Å²) in [6, 6.07) is 15.9. The van der Waals surface area contributed by atoms with Gasteiger partial charge in [-0.05, 0) is 119 Å². The monoisotopic (exact) mass is 688 g/mol. The van der Waals surface area contributed by atoms with Crippen LogP contribution >= 0.6 is 0 Å². The molecule has 2 aromatic heterocycles. The summed E-state index contributed by atoms with van der Waals surface area (Å²) in [6.45, 7) is 9.27. The average molecular weight is 689 g/mol. The van der Waals surface area contributed by atoms with Gasteiger partial charge in [0, 0.05) is 60.0 Å². The van der Waals surface area contributed by atoms with Gasteiger partial charge < -0.3 is 20.4 Å². The third kappa shape index (κ3) is 6.72. The lowest BCUT2D eigenvalue weighted by atomic mass is 9.86. The number of amides is 4. The zero-order valence-electron chi connectivity index (χ0n) is 29.2. The molecular weight excluding hydrogens is 647 g/mol. The Balaban J connectivity index is 0.000000159. The molecule has 2 saturated carbocycles. The number of carbonyl (C=O) groups excluding carboxylic acids is 4. The van der Waals surface area contributed by atoms with Crippen LogP contribution in [-0.2, 0) is 20.4 Å². The second-order valence-electron chi connectivity index (χ2n) is 14.9. The van der Waals surface area contributed by atoms with E-state index in [9.17, 15) is 23.6 Å². The Hall–Kier alpha value is -5.45. The number of hydrogen-bond donors (Lipinski definition) is 2. The van der Waals surface area contributed by atoms with Crippen molar-refractivity contribution in [2.75, 3.05) is 33.5 Å². The zero-order chi connectivity index (χ0) is 36.1. The highest BCUT2D eigenvalue weighted by Gasteiger charge is 2.46. The third-order valence-electron chi connectivity index (χ3n) is 10.2. The van der Waals surface area contributed by atoms with Crippen LogP contribution in [0, 0.1) is 17.7 Å². The first kappa shape index (κ1) is 34.0. The van der Waals surface area contributed by atoms with E-state index in [0.717, 1.165) is 48.1 Å². The Bertz CT molecular complexity index is 2040. The van der Waals surface area contributed by atoms with Crippen molar-refractivity contribution in [1.29, 1.82) is 0 Å². The van der Waals surface area contributed by atoms with E-state index in [1.807, 2.05) is 61.8 Å². The summed E-state index contributed by atoms with van der Waals surface area (Å²) in [4.78, 5) is 61.7. The second-order valence-corrected chi connectivity index (χ2v) is 14.9. The molecule has 4 aliphatic rings. The SMILES string of the molecule is CC1(C)C(=O)N(CC2CC2)c2cc(NC(=O)c3ccncc3)ccc21.CC1(C)C(=O)N(CC2CC2)c2cc(NC(=O)c3ccncc3F)ccc21. The van der Waals surface area contributed by atoms with Crippen molar-refractivity contribution in [2.45, 2.75) is 64.2 Å². The van der Waals surface area contributed by atoms with Gasteiger partial charge in [0.1, 0.15) is 0 Å². The molecule has 8 rings (SSSR count). The number of fused-ring (bicyclic) bond motifs is 2. The van der Waals surface area contributed by atoms with E-state index in [1.54, 1.807) is 36.7 Å². The quantitative estimate of drug-likeness (QED) is 0.208. The number of anilines is 4. The Morgan fingerprint density at radius 2 is 1.18 bits per heavy atom. The van der Waals surface area contributed by atoms with Crippen molar-refractivity contribution in [3.05, 3.63) is 107 Å². The van der Waals surface area contributed by atoms with Gasteiger partial charge in [0.05, 0.1) is 22.6 Å². The largest absolute Gasteiger partial charge is 0.322 e. The molecule has 2 aliphatic carbocycles. The topological polar surface area (TPSA) is 125 Å². The van der Waals surface area contributed by atoms with E-state index in [-0.39, 0.29) is 23.3 Å². The molecule has 2 aromatic carbocycles. The molecule has 2 aliphatic heterocycles. The predicted octanol–water partition coefficient (Wildman–Crippen LogP) is 6.88. The van der Waals surface area contributed by atoms with Crippen LogP contribution in [0.3, 0.4) is 0 Å². The van der Waals surface area contributed by atoms with Crippen LogP contribution in [0.2, 0.25) is 0 Å². The minimum absolute atomic E-state index is 0.0632. The van der Waals surface area contributed by atoms with E-state index in [1.165, 1.54) is 25.1 Å². The van der Waals surface area contributed by atoms with E-state index in [2.05, 4.69) is 20.6 Å². The van der Waals surface area contributed by atoms with Crippen molar-refractivity contribution in [3.63, 3.8) is 0 Å². The van der Waals surface area contributed by atoms with Crippen molar-refractivity contribution < 1.29 is 23.6 Å². The van der Waals surface area contributed by atoms with Gasteiger partial charge in [0.2, 0.25) is 11.8 Å². The molecule has 0 spiro atoms. The van der Waals surface area contributed by atoms with Crippen LogP contribution in [0.15, 0.2) is 79.4 Å². The van der Waals surface area contributed by atoms with E-state index in [0.29, 0.717) is 35.3 Å². The van der Waals surface area contributed by atoms with Crippen LogP contribution in [0.4, 0.5) is 27.1 Å². The Kier molecular flexibility index (Phi) is 8.69. The highest BCUT2D eigenvalue weighted by Crippen LogP contribution is 2.46. The first-order valence-electron chi connectivity index (χ1n) is 17.4. The molecule has 4 heterocycles. The lowest BCUT2D eigenvalue weighted by Gasteiger charge is -2.20. The summed E-state index contributed by atoms with van der Waals surface area (Å²) in [5, 5.41) is 5.63. The van der Waals surface area contributed by atoms with Crippen LogP contribution in [0.5, 0.6) is 0 Å². The lowest BCUT2D eigenvalue weighted by Crippen LogP contribution is -2.37. The molecule has 11 heteroatoms. The molecule has 0 bridgehead atoms. The minimum atomic E-state index is -0.669. The number of hydrogen-bond acceptors (Lipinski definition) is 6. The highest BCUT2D eigenvalue weighted by atomic mass is 19.1. The van der Waals surface area contributed by atoms with Gasteiger partial charge in [0.15, 0.2) is 5.82 Å². The van der Waals surface area contributed by atoms with Crippen molar-refractivity contribution in [3.8, 4) is 0 Å². The number of halogens is 1. The summed E-state index contributed by atoms with van der Waals surface area (Å²) >= 11 is 0. The standard InChI is InChI=1S/C20H20FN3O2.C20H21N3O2/c1-20(2)15-6-5-13(23-18(25)14-7-8-22-10-16(14)21)9-17(15)24(19(20)26)11-12-3-4-12;1-20(2)16-6-5-15(22-18(24)14-7-9-21-10-8-14)11-17(16)23(19(20)25)12-13-3-4-13/h5-10,12H,3-4,11H2,1-2H3,(H,23,25);5-11,13H,3-4,12H2,1-2H3,(H,22,24). The van der Waals surface area contributed by atoms with Gasteiger partial charge in [-0.15, -0.1) is 0 Å². The molecule has 0 atom stereocenters. The first-order valence-corrected chi connectivity index (χ1v) is 17.4. The fraction of sp³-hybridized carbons (Fsp3) is 0.350. The summed E-state index contributed by atoms with van der Waals surface area (Å²) < 4.78 is 13.8. The number of nitrogens with zero attached hydrogens (tertiary/aromatic N) is 4. The van der Waals surface area contributed by atoms with Crippen LogP contribution < -0.4 is 20.4 Å². The number of rotatable bonds is 8. The smallest absolute Gasteiger partial charge is 0.258 e. The van der Waals surface area contributed by atoms with Gasteiger partial charge in [-0.3, -0.25) is 29.1 Å². The van der Waals surface area contributed by atoms with Crippen LogP contribution in [0.1, 0.15) is 85.2 Å². The maximum Gasteiger partial charge on any atom is 0.258 e. The summed E-state index contributed by atoms with van der Waals surface area (Å²) in [6.07, 6.45) is 10.3. The third-order valence-corrected chi connectivity index (χ3v) is 10.2. The second kappa shape index (κ2) is 13.0. The molecular formula is C40H41FN6O4. The number of benzene rings is 2. The Morgan fingerprint density at radius 3 is 1.65 bits per heavy atom. The van der Waals surface area contributed by atoms with E-state index >= 15 is 0 Å². The molecule has 0 radical (unpaired) electrons. The number of nitrogens with one attached hydrogen (secondary N) is 2. The van der Waals surface area contributed by atoms with Gasteiger partial charge in [-0.1, -0.05) is 12.1 Å². The van der Waals surface area contributed by atoms with Gasteiger partial charge in [0.25, 0.3) is 11.8 Å². The normalized spacial score (nSPS) is 18.1. The van der Waals surface area contributed by atoms with E-state index < -0.39 is 22.6 Å². The average Bonchev–Trinajstić information content (AvgIpc) is 4.06. The molecule has 0 saturated heterocycles. The molecule has 4 amide bonds. The van der Waals surface area contributed by atoms with Crippen molar-refractivity contribution in [2.24, 2.45) is 11.8 Å². The van der Waals surface area contributed by atoms with Crippen LogP contribution in [-0.4, -0.2) is 46.7 Å². The predicted molar refractivity (Wildman–Crippen MR) is 193 cm³/mol. The first-order chi connectivity index (χ1) is 24.3. The summed E-state index contributed by atoms with van der Waals surface area (Å²) in [7, 11) is 0. The van der Waals surface area contributed by atoms with Gasteiger partial charge in [-0.25, -0.2) is 4.39 Å². The maximum atomic E-state index is 13.8. The molecule has 10 nitrogen and oxygen atoms in total.